The van der Waals surface area contributed by atoms with E-state index in [1.54, 1.807) is 12.1 Å². The van der Waals surface area contributed by atoms with Crippen molar-refractivity contribution >= 4 is 5.91 Å². The minimum atomic E-state index is -0.293. The predicted molar refractivity (Wildman–Crippen MR) is 100 cm³/mol. The first kappa shape index (κ1) is 19.5. The zero-order valence-corrected chi connectivity index (χ0v) is 15.9. The molecule has 0 spiro atoms. The summed E-state index contributed by atoms with van der Waals surface area (Å²) in [4.78, 5) is 18.8. The van der Waals surface area contributed by atoms with Gasteiger partial charge in [0.2, 0.25) is 17.6 Å². The van der Waals surface area contributed by atoms with Crippen LogP contribution in [0.3, 0.4) is 0 Å². The third-order valence-electron chi connectivity index (χ3n) is 4.91. The summed E-state index contributed by atoms with van der Waals surface area (Å²) in [5.74, 6) is 1.57. The fraction of sp³-hybridized carbons (Fsp3) is 0.550. The van der Waals surface area contributed by atoms with Crippen LogP contribution in [0.1, 0.15) is 39.0 Å². The molecule has 3 rings (SSSR count). The summed E-state index contributed by atoms with van der Waals surface area (Å²) in [5.41, 5.74) is 0.725. The normalized spacial score (nSPS) is 16.0. The maximum absolute atomic E-state index is 13.0. The first-order chi connectivity index (χ1) is 13.0. The number of carbonyl (C=O) groups excluding carboxylic acids is 1. The molecule has 6 nitrogen and oxygen atoms in total. The second-order valence-corrected chi connectivity index (χ2v) is 7.54. The maximum Gasteiger partial charge on any atom is 0.241 e. The van der Waals surface area contributed by atoms with E-state index in [4.69, 9.17) is 4.52 Å². The van der Waals surface area contributed by atoms with Crippen LogP contribution in [0.2, 0.25) is 0 Å². The Balaban J connectivity index is 1.45. The Hall–Kier alpha value is -2.28. The highest BCUT2D eigenvalue weighted by Crippen LogP contribution is 2.21. The molecule has 2 heterocycles. The Morgan fingerprint density at radius 1 is 1.30 bits per heavy atom. The van der Waals surface area contributed by atoms with E-state index in [1.165, 1.54) is 12.1 Å². The summed E-state index contributed by atoms with van der Waals surface area (Å²) < 4.78 is 18.3. The van der Waals surface area contributed by atoms with Gasteiger partial charge in [0, 0.05) is 18.0 Å². The molecule has 1 N–H and O–H groups in total. The number of aromatic nitrogens is 2. The molecule has 0 bridgehead atoms. The Bertz CT molecular complexity index is 737. The predicted octanol–water partition coefficient (Wildman–Crippen LogP) is 3.25. The van der Waals surface area contributed by atoms with Crippen molar-refractivity contribution in [3.8, 4) is 11.4 Å². The third-order valence-corrected chi connectivity index (χ3v) is 4.91. The van der Waals surface area contributed by atoms with Crippen LogP contribution in [0.4, 0.5) is 4.39 Å². The molecule has 1 aromatic heterocycles. The van der Waals surface area contributed by atoms with Crippen LogP contribution < -0.4 is 5.32 Å². The summed E-state index contributed by atoms with van der Waals surface area (Å²) in [6.07, 6.45) is 2.69. The van der Waals surface area contributed by atoms with Gasteiger partial charge in [0.05, 0.1) is 6.54 Å². The van der Waals surface area contributed by atoms with E-state index >= 15 is 0 Å². The fourth-order valence-electron chi connectivity index (χ4n) is 3.21. The Labute approximate surface area is 159 Å². The lowest BCUT2D eigenvalue weighted by Crippen LogP contribution is -2.40. The van der Waals surface area contributed by atoms with Gasteiger partial charge in [-0.2, -0.15) is 4.98 Å². The minimum absolute atomic E-state index is 0.0888. The molecular weight excluding hydrogens is 347 g/mol. The highest BCUT2D eigenvalue weighted by molar-refractivity contribution is 5.78. The smallest absolute Gasteiger partial charge is 0.241 e. The summed E-state index contributed by atoms with van der Waals surface area (Å²) in [5, 5.41) is 7.02. The highest BCUT2D eigenvalue weighted by atomic mass is 19.1. The van der Waals surface area contributed by atoms with Crippen LogP contribution in [0.5, 0.6) is 0 Å². The minimum Gasteiger partial charge on any atom is -0.356 e. The number of halogens is 1. The van der Waals surface area contributed by atoms with E-state index in [0.717, 1.165) is 44.5 Å². The Morgan fingerprint density at radius 3 is 2.67 bits per heavy atom. The molecule has 1 amide bonds. The van der Waals surface area contributed by atoms with Crippen LogP contribution in [0.25, 0.3) is 11.4 Å². The standard InChI is InChI=1S/C20H27FN4O2/c1-14(2)7-10-22-20(26)16-8-11-25(12-9-16)13-18-23-19(24-27-18)15-3-5-17(21)6-4-15/h3-6,14,16H,7-13H2,1-2H3,(H,22,26). The number of benzene rings is 1. The number of hydrogen-bond donors (Lipinski definition) is 1. The van der Waals surface area contributed by atoms with Gasteiger partial charge in [-0.3, -0.25) is 9.69 Å². The first-order valence-electron chi connectivity index (χ1n) is 9.60. The van der Waals surface area contributed by atoms with Crippen molar-refractivity contribution in [3.63, 3.8) is 0 Å². The van der Waals surface area contributed by atoms with Crippen molar-refractivity contribution in [1.29, 1.82) is 0 Å². The van der Waals surface area contributed by atoms with E-state index in [9.17, 15) is 9.18 Å². The average molecular weight is 374 g/mol. The number of nitrogens with one attached hydrogen (secondary N) is 1. The summed E-state index contributed by atoms with van der Waals surface area (Å²) >= 11 is 0. The lowest BCUT2D eigenvalue weighted by atomic mass is 9.96. The number of hydrogen-bond acceptors (Lipinski definition) is 5. The molecule has 27 heavy (non-hydrogen) atoms. The molecule has 1 saturated heterocycles. The van der Waals surface area contributed by atoms with Crippen LogP contribution >= 0.6 is 0 Å². The van der Waals surface area contributed by atoms with Crippen molar-refractivity contribution in [2.75, 3.05) is 19.6 Å². The number of piperidine rings is 1. The number of amides is 1. The summed E-state index contributed by atoms with van der Waals surface area (Å²) in [7, 11) is 0. The van der Waals surface area contributed by atoms with Gasteiger partial charge in [-0.1, -0.05) is 19.0 Å². The topological polar surface area (TPSA) is 71.3 Å². The number of nitrogens with zero attached hydrogens (tertiary/aromatic N) is 3. The largest absolute Gasteiger partial charge is 0.356 e. The van der Waals surface area contributed by atoms with Crippen molar-refractivity contribution in [3.05, 3.63) is 36.0 Å². The van der Waals surface area contributed by atoms with E-state index < -0.39 is 0 Å². The summed E-state index contributed by atoms with van der Waals surface area (Å²) in [6, 6.07) is 6.02. The third kappa shape index (κ3) is 5.60. The lowest BCUT2D eigenvalue weighted by Gasteiger charge is -2.30. The molecule has 7 heteroatoms. The molecule has 0 saturated carbocycles. The van der Waals surface area contributed by atoms with Gasteiger partial charge in [0.1, 0.15) is 5.82 Å². The molecule has 1 aliphatic rings. The number of likely N-dealkylation sites (tertiary alicyclic amines) is 1. The maximum atomic E-state index is 13.0. The van der Waals surface area contributed by atoms with Gasteiger partial charge < -0.3 is 9.84 Å². The quantitative estimate of drug-likeness (QED) is 0.805. The molecule has 1 fully saturated rings. The molecule has 0 unspecified atom stereocenters. The molecule has 1 aromatic carbocycles. The van der Waals surface area contributed by atoms with Crippen LogP contribution in [-0.2, 0) is 11.3 Å². The van der Waals surface area contributed by atoms with Gasteiger partial charge in [-0.05, 0) is 62.5 Å². The SMILES string of the molecule is CC(C)CCNC(=O)C1CCN(Cc2nc(-c3ccc(F)cc3)no2)CC1. The van der Waals surface area contributed by atoms with Gasteiger partial charge in [0.25, 0.3) is 0 Å². The van der Waals surface area contributed by atoms with Gasteiger partial charge in [0.15, 0.2) is 0 Å². The Kier molecular flexibility index (Phi) is 6.55. The van der Waals surface area contributed by atoms with Crippen molar-refractivity contribution < 1.29 is 13.7 Å². The van der Waals surface area contributed by atoms with Crippen LogP contribution in [-0.4, -0.2) is 40.6 Å². The molecule has 0 aliphatic carbocycles. The molecular formula is C20H27FN4O2. The zero-order valence-electron chi connectivity index (χ0n) is 15.9. The van der Waals surface area contributed by atoms with E-state index in [2.05, 4.69) is 34.2 Å². The fourth-order valence-corrected chi connectivity index (χ4v) is 3.21. The van der Waals surface area contributed by atoms with Crippen molar-refractivity contribution in [1.82, 2.24) is 20.4 Å². The Morgan fingerprint density at radius 2 is 2.00 bits per heavy atom. The van der Waals surface area contributed by atoms with E-state index in [0.29, 0.717) is 24.2 Å². The number of carbonyl (C=O) groups is 1. The van der Waals surface area contributed by atoms with Gasteiger partial charge >= 0.3 is 0 Å². The van der Waals surface area contributed by atoms with Crippen LogP contribution in [0, 0.1) is 17.7 Å². The lowest BCUT2D eigenvalue weighted by molar-refractivity contribution is -0.126. The molecule has 0 atom stereocenters. The molecule has 146 valence electrons. The van der Waals surface area contributed by atoms with Crippen molar-refractivity contribution in [2.45, 2.75) is 39.7 Å². The van der Waals surface area contributed by atoms with Gasteiger partial charge in [-0.25, -0.2) is 4.39 Å². The van der Waals surface area contributed by atoms with Crippen molar-refractivity contribution in [2.24, 2.45) is 11.8 Å². The second-order valence-electron chi connectivity index (χ2n) is 7.54. The second kappa shape index (κ2) is 9.08. The first-order valence-corrected chi connectivity index (χ1v) is 9.60. The van der Waals surface area contributed by atoms with E-state index in [1.807, 2.05) is 0 Å². The zero-order chi connectivity index (χ0) is 19.2. The molecule has 0 radical (unpaired) electrons. The van der Waals surface area contributed by atoms with Crippen LogP contribution in [0.15, 0.2) is 28.8 Å². The average Bonchev–Trinajstić information content (AvgIpc) is 3.11. The molecule has 2 aromatic rings. The number of rotatable bonds is 7. The summed E-state index contributed by atoms with van der Waals surface area (Å²) in [6.45, 7) is 7.29. The monoisotopic (exact) mass is 374 g/mol. The highest BCUT2D eigenvalue weighted by Gasteiger charge is 2.25. The molecule has 1 aliphatic heterocycles. The van der Waals surface area contributed by atoms with E-state index in [-0.39, 0.29) is 17.6 Å². The van der Waals surface area contributed by atoms with Gasteiger partial charge in [-0.15, -0.1) is 0 Å².